The van der Waals surface area contributed by atoms with E-state index in [1.54, 1.807) is 31.2 Å². The first kappa shape index (κ1) is 15.8. The quantitative estimate of drug-likeness (QED) is 0.860. The Morgan fingerprint density at radius 2 is 1.95 bits per heavy atom. The van der Waals surface area contributed by atoms with Crippen LogP contribution in [0.4, 0.5) is 0 Å². The second-order valence-electron chi connectivity index (χ2n) is 5.55. The number of hydrogen-bond donors (Lipinski definition) is 1. The highest BCUT2D eigenvalue weighted by molar-refractivity contribution is 6.30. The largest absolute Gasteiger partial charge is 0.481 e. The Balaban J connectivity index is 1.82. The highest BCUT2D eigenvalue weighted by Gasteiger charge is 2.16. The Kier molecular flexibility index (Phi) is 5.62. The molecule has 1 fully saturated rings. The van der Waals surface area contributed by atoms with Gasteiger partial charge in [0.1, 0.15) is 5.75 Å². The fourth-order valence-corrected chi connectivity index (χ4v) is 2.33. The lowest BCUT2D eigenvalue weighted by atomic mass is 9.90. The fraction of sp³-hybridized carbons (Fsp3) is 0.500. The van der Waals surface area contributed by atoms with Gasteiger partial charge in [0.2, 0.25) is 0 Å². The molecule has 0 saturated heterocycles. The van der Waals surface area contributed by atoms with Crippen molar-refractivity contribution in [2.45, 2.75) is 45.6 Å². The number of carbonyl (C=O) groups is 1. The maximum absolute atomic E-state index is 12.0. The van der Waals surface area contributed by atoms with Crippen molar-refractivity contribution < 1.29 is 9.53 Å². The Morgan fingerprint density at radius 3 is 2.57 bits per heavy atom. The lowest BCUT2D eigenvalue weighted by Gasteiger charge is -2.19. The number of hydrazone groups is 1. The number of amides is 1. The van der Waals surface area contributed by atoms with Crippen LogP contribution < -0.4 is 10.2 Å². The Bertz CT molecular complexity index is 504. The van der Waals surface area contributed by atoms with Crippen LogP contribution in [0.1, 0.15) is 39.5 Å². The summed E-state index contributed by atoms with van der Waals surface area (Å²) < 4.78 is 5.55. The number of ether oxygens (including phenoxy) is 1. The smallest absolute Gasteiger partial charge is 0.280 e. The fourth-order valence-electron chi connectivity index (χ4n) is 2.20. The summed E-state index contributed by atoms with van der Waals surface area (Å²) in [5, 5.41) is 4.85. The molecule has 0 bridgehead atoms. The Labute approximate surface area is 130 Å². The summed E-state index contributed by atoms with van der Waals surface area (Å²) in [5.74, 6) is 1.13. The van der Waals surface area contributed by atoms with E-state index < -0.39 is 6.10 Å². The van der Waals surface area contributed by atoms with E-state index >= 15 is 0 Å². The summed E-state index contributed by atoms with van der Waals surface area (Å²) in [6.45, 7) is 3.95. The first-order valence-electron chi connectivity index (χ1n) is 7.32. The molecule has 1 aliphatic rings. The molecule has 1 amide bonds. The number of rotatable bonds is 4. The van der Waals surface area contributed by atoms with E-state index in [0.717, 1.165) is 37.3 Å². The number of carbonyl (C=O) groups excluding carboxylic acids is 1. The van der Waals surface area contributed by atoms with E-state index in [9.17, 15) is 4.79 Å². The molecule has 0 aliphatic heterocycles. The number of hydrogen-bond acceptors (Lipinski definition) is 3. The molecular formula is C16H21ClN2O2. The molecule has 21 heavy (non-hydrogen) atoms. The van der Waals surface area contributed by atoms with Gasteiger partial charge in [-0.2, -0.15) is 5.10 Å². The molecule has 0 radical (unpaired) electrons. The van der Waals surface area contributed by atoms with E-state index in [2.05, 4.69) is 17.5 Å². The Hall–Kier alpha value is -1.55. The number of nitrogens with zero attached hydrogens (tertiary/aromatic N) is 1. The van der Waals surface area contributed by atoms with Crippen molar-refractivity contribution >= 4 is 23.2 Å². The van der Waals surface area contributed by atoms with E-state index in [-0.39, 0.29) is 5.91 Å². The molecule has 1 aromatic carbocycles. The second-order valence-corrected chi connectivity index (χ2v) is 5.99. The van der Waals surface area contributed by atoms with Crippen molar-refractivity contribution in [2.75, 3.05) is 0 Å². The van der Waals surface area contributed by atoms with Crippen molar-refractivity contribution in [1.29, 1.82) is 0 Å². The van der Waals surface area contributed by atoms with Gasteiger partial charge in [0, 0.05) is 10.7 Å². The van der Waals surface area contributed by atoms with Crippen LogP contribution in [0.5, 0.6) is 5.75 Å². The molecule has 1 N–H and O–H groups in total. The normalized spacial score (nSPS) is 19.8. The molecule has 1 aliphatic carbocycles. The maximum Gasteiger partial charge on any atom is 0.280 e. The zero-order chi connectivity index (χ0) is 15.2. The second kappa shape index (κ2) is 7.46. The van der Waals surface area contributed by atoms with Gasteiger partial charge >= 0.3 is 0 Å². The van der Waals surface area contributed by atoms with Crippen LogP contribution in [0, 0.1) is 5.92 Å². The van der Waals surface area contributed by atoms with Gasteiger partial charge in [-0.15, -0.1) is 0 Å². The van der Waals surface area contributed by atoms with Crippen molar-refractivity contribution in [3.63, 3.8) is 0 Å². The highest BCUT2D eigenvalue weighted by atomic mass is 35.5. The molecule has 4 nitrogen and oxygen atoms in total. The van der Waals surface area contributed by atoms with Crippen molar-refractivity contribution in [3.8, 4) is 5.75 Å². The molecule has 1 aromatic rings. The van der Waals surface area contributed by atoms with Crippen LogP contribution in [-0.2, 0) is 4.79 Å². The molecule has 5 heteroatoms. The zero-order valence-corrected chi connectivity index (χ0v) is 13.2. The van der Waals surface area contributed by atoms with Gasteiger partial charge in [0.15, 0.2) is 6.10 Å². The summed E-state index contributed by atoms with van der Waals surface area (Å²) in [7, 11) is 0. The lowest BCUT2D eigenvalue weighted by Crippen LogP contribution is -2.34. The van der Waals surface area contributed by atoms with E-state index in [0.29, 0.717) is 10.8 Å². The predicted molar refractivity (Wildman–Crippen MR) is 84.8 cm³/mol. The molecule has 0 spiro atoms. The third kappa shape index (κ3) is 5.05. The average molecular weight is 309 g/mol. The van der Waals surface area contributed by atoms with E-state index in [1.807, 2.05) is 0 Å². The molecule has 0 heterocycles. The lowest BCUT2D eigenvalue weighted by molar-refractivity contribution is -0.127. The summed E-state index contributed by atoms with van der Waals surface area (Å²) in [4.78, 5) is 12.0. The van der Waals surface area contributed by atoms with Gasteiger partial charge in [-0.1, -0.05) is 18.5 Å². The average Bonchev–Trinajstić information content (AvgIpc) is 2.48. The summed E-state index contributed by atoms with van der Waals surface area (Å²) >= 11 is 5.80. The van der Waals surface area contributed by atoms with Crippen LogP contribution in [-0.4, -0.2) is 17.7 Å². The molecule has 0 aromatic heterocycles. The van der Waals surface area contributed by atoms with Gasteiger partial charge in [-0.05, 0) is 62.8 Å². The number of halogens is 1. The summed E-state index contributed by atoms with van der Waals surface area (Å²) in [6, 6.07) is 6.93. The van der Waals surface area contributed by atoms with Crippen LogP contribution in [0.25, 0.3) is 0 Å². The van der Waals surface area contributed by atoms with E-state index in [4.69, 9.17) is 16.3 Å². The topological polar surface area (TPSA) is 50.7 Å². The highest BCUT2D eigenvalue weighted by Crippen LogP contribution is 2.21. The minimum atomic E-state index is -0.599. The minimum absolute atomic E-state index is 0.240. The molecular weight excluding hydrogens is 288 g/mol. The van der Waals surface area contributed by atoms with Gasteiger partial charge in [0.25, 0.3) is 5.91 Å². The standard InChI is InChI=1S/C16H21ClN2O2/c1-11-3-7-14(8-4-11)18-19-16(20)12(2)21-15-9-5-13(17)6-10-15/h5-6,9-12H,3-4,7-8H2,1-2H3,(H,19,20). The number of nitrogens with one attached hydrogen (secondary N) is 1. The SMILES string of the molecule is CC1CCC(=NNC(=O)C(C)Oc2ccc(Cl)cc2)CC1. The number of benzene rings is 1. The monoisotopic (exact) mass is 308 g/mol. The third-order valence-corrected chi connectivity index (χ3v) is 3.92. The van der Waals surface area contributed by atoms with Crippen molar-refractivity contribution in [1.82, 2.24) is 5.43 Å². The molecule has 114 valence electrons. The summed E-state index contributed by atoms with van der Waals surface area (Å²) in [5.41, 5.74) is 3.67. The van der Waals surface area contributed by atoms with Gasteiger partial charge in [-0.25, -0.2) is 5.43 Å². The van der Waals surface area contributed by atoms with E-state index in [1.165, 1.54) is 0 Å². The van der Waals surface area contributed by atoms with Crippen molar-refractivity contribution in [3.05, 3.63) is 29.3 Å². The van der Waals surface area contributed by atoms with Crippen LogP contribution >= 0.6 is 11.6 Å². The minimum Gasteiger partial charge on any atom is -0.481 e. The Morgan fingerprint density at radius 1 is 1.33 bits per heavy atom. The summed E-state index contributed by atoms with van der Waals surface area (Å²) in [6.07, 6.45) is 3.62. The van der Waals surface area contributed by atoms with Gasteiger partial charge in [0.05, 0.1) is 0 Å². The first-order valence-corrected chi connectivity index (χ1v) is 7.70. The molecule has 1 unspecified atom stereocenters. The van der Waals surface area contributed by atoms with Gasteiger partial charge in [-0.3, -0.25) is 4.79 Å². The maximum atomic E-state index is 12.0. The predicted octanol–water partition coefficient (Wildman–Crippen LogP) is 3.79. The molecule has 2 rings (SSSR count). The molecule has 1 saturated carbocycles. The van der Waals surface area contributed by atoms with Crippen LogP contribution in [0.2, 0.25) is 5.02 Å². The van der Waals surface area contributed by atoms with Gasteiger partial charge < -0.3 is 4.74 Å². The third-order valence-electron chi connectivity index (χ3n) is 3.67. The van der Waals surface area contributed by atoms with Crippen molar-refractivity contribution in [2.24, 2.45) is 11.0 Å². The van der Waals surface area contributed by atoms with Crippen LogP contribution in [0.15, 0.2) is 29.4 Å². The van der Waals surface area contributed by atoms with Crippen LogP contribution in [0.3, 0.4) is 0 Å². The zero-order valence-electron chi connectivity index (χ0n) is 12.4. The molecule has 1 atom stereocenters. The first-order chi connectivity index (χ1) is 10.0.